The van der Waals surface area contributed by atoms with Crippen molar-refractivity contribution in [3.63, 3.8) is 0 Å². The molecule has 200 valence electrons. The highest BCUT2D eigenvalue weighted by Gasteiger charge is 2.77. The van der Waals surface area contributed by atoms with Crippen LogP contribution in [0.15, 0.2) is 48.5 Å². The van der Waals surface area contributed by atoms with Gasteiger partial charge >= 0.3 is 6.03 Å². The number of fused-ring (bicyclic) bond motifs is 3. The summed E-state index contributed by atoms with van der Waals surface area (Å²) in [6, 6.07) is 10.7. The standard InChI is InChI=1S/C29H32FN3O5/c1-16(2)15-29-22-21(24(34)33(25(22)35)28(3,4)5)23(17-10-12-20(38-6)13-11-17)32(29)27(37)31(26(29)36)19-9-7-8-18(30)14-19/h7-14,16,21-23H,15H2,1-6H3/t21?,22?,23?,29-/m1/s1. The van der Waals surface area contributed by atoms with Crippen LogP contribution < -0.4 is 9.64 Å². The van der Waals surface area contributed by atoms with Gasteiger partial charge in [0.2, 0.25) is 11.8 Å². The fraction of sp³-hybridized carbons (Fsp3) is 0.448. The molecule has 0 bridgehead atoms. The van der Waals surface area contributed by atoms with Crippen LogP contribution in [-0.4, -0.2) is 51.7 Å². The minimum Gasteiger partial charge on any atom is -0.497 e. The lowest BCUT2D eigenvalue weighted by molar-refractivity contribution is -0.149. The average molecular weight is 522 g/mol. The van der Waals surface area contributed by atoms with E-state index in [0.717, 1.165) is 11.0 Å². The van der Waals surface area contributed by atoms with E-state index in [1.165, 1.54) is 35.1 Å². The molecule has 0 aromatic heterocycles. The first-order valence-corrected chi connectivity index (χ1v) is 12.8. The third-order valence-corrected chi connectivity index (χ3v) is 7.80. The van der Waals surface area contributed by atoms with Gasteiger partial charge in [-0.3, -0.25) is 19.3 Å². The maximum absolute atomic E-state index is 14.4. The van der Waals surface area contributed by atoms with Crippen LogP contribution in [0, 0.1) is 23.6 Å². The Morgan fingerprint density at radius 2 is 1.66 bits per heavy atom. The molecule has 8 nitrogen and oxygen atoms in total. The first kappa shape index (κ1) is 25.9. The summed E-state index contributed by atoms with van der Waals surface area (Å²) in [5, 5.41) is 0. The van der Waals surface area contributed by atoms with E-state index < -0.39 is 58.5 Å². The fourth-order valence-electron chi connectivity index (χ4n) is 6.58. The van der Waals surface area contributed by atoms with Crippen LogP contribution in [-0.2, 0) is 14.4 Å². The number of carbonyl (C=O) groups excluding carboxylic acids is 4. The molecule has 9 heteroatoms. The highest BCUT2D eigenvalue weighted by Crippen LogP contribution is 2.61. The monoisotopic (exact) mass is 521 g/mol. The van der Waals surface area contributed by atoms with Crippen molar-refractivity contribution in [2.75, 3.05) is 12.0 Å². The highest BCUT2D eigenvalue weighted by atomic mass is 19.1. The van der Waals surface area contributed by atoms with Gasteiger partial charge in [-0.05, 0) is 69.0 Å². The van der Waals surface area contributed by atoms with Gasteiger partial charge in [-0.1, -0.05) is 32.0 Å². The number of imide groups is 2. The number of likely N-dealkylation sites (tertiary alicyclic amines) is 1. The molecule has 3 aliphatic heterocycles. The second-order valence-corrected chi connectivity index (χ2v) is 11.7. The van der Waals surface area contributed by atoms with E-state index in [1.54, 1.807) is 45.0 Å². The molecule has 3 fully saturated rings. The van der Waals surface area contributed by atoms with Crippen molar-refractivity contribution in [1.82, 2.24) is 9.80 Å². The maximum Gasteiger partial charge on any atom is 0.332 e. The normalized spacial score (nSPS) is 27.1. The third kappa shape index (κ3) is 3.47. The summed E-state index contributed by atoms with van der Waals surface area (Å²) in [7, 11) is 1.54. The molecule has 5 amide bonds. The molecule has 3 saturated heterocycles. The number of hydrogen-bond donors (Lipinski definition) is 0. The average Bonchev–Trinajstić information content (AvgIpc) is 3.36. The Morgan fingerprint density at radius 3 is 2.21 bits per heavy atom. The van der Waals surface area contributed by atoms with Gasteiger partial charge in [0.1, 0.15) is 17.1 Å². The smallest absolute Gasteiger partial charge is 0.332 e. The van der Waals surface area contributed by atoms with Crippen LogP contribution in [0.1, 0.15) is 52.6 Å². The third-order valence-electron chi connectivity index (χ3n) is 7.80. The minimum absolute atomic E-state index is 0.0898. The molecule has 3 unspecified atom stereocenters. The van der Waals surface area contributed by atoms with Gasteiger partial charge in [0.15, 0.2) is 0 Å². The largest absolute Gasteiger partial charge is 0.497 e. The first-order chi connectivity index (χ1) is 17.8. The van der Waals surface area contributed by atoms with E-state index in [0.29, 0.717) is 11.3 Å². The summed E-state index contributed by atoms with van der Waals surface area (Å²) in [6.45, 7) is 9.15. The SMILES string of the molecule is COc1ccc(C2C3C(=O)N(C(C)(C)C)C(=O)C3[C@]3(CC(C)C)C(=O)N(c4cccc(F)c4)C(=O)N23)cc1. The lowest BCUT2D eigenvalue weighted by Gasteiger charge is -2.38. The van der Waals surface area contributed by atoms with Crippen LogP contribution in [0.2, 0.25) is 0 Å². The van der Waals surface area contributed by atoms with E-state index >= 15 is 0 Å². The number of anilines is 1. The van der Waals surface area contributed by atoms with Crippen molar-refractivity contribution in [2.45, 2.75) is 58.2 Å². The van der Waals surface area contributed by atoms with Gasteiger partial charge in [-0.15, -0.1) is 0 Å². The number of rotatable bonds is 5. The number of benzene rings is 2. The van der Waals surface area contributed by atoms with Crippen LogP contribution in [0.4, 0.5) is 14.9 Å². The summed E-state index contributed by atoms with van der Waals surface area (Å²) in [5.41, 5.74) is -1.71. The molecule has 3 aliphatic rings. The number of urea groups is 1. The quantitative estimate of drug-likeness (QED) is 0.426. The molecule has 38 heavy (non-hydrogen) atoms. The van der Waals surface area contributed by atoms with Crippen LogP contribution in [0.3, 0.4) is 0 Å². The molecule has 0 saturated carbocycles. The number of methoxy groups -OCH3 is 1. The maximum atomic E-state index is 14.4. The van der Waals surface area contributed by atoms with Crippen molar-refractivity contribution in [1.29, 1.82) is 0 Å². The summed E-state index contributed by atoms with van der Waals surface area (Å²) >= 11 is 0. The Kier molecular flexibility index (Phi) is 5.89. The zero-order chi connectivity index (χ0) is 27.7. The van der Waals surface area contributed by atoms with Crippen molar-refractivity contribution in [3.05, 3.63) is 59.9 Å². The van der Waals surface area contributed by atoms with Gasteiger partial charge < -0.3 is 9.64 Å². The summed E-state index contributed by atoms with van der Waals surface area (Å²) in [5.74, 6) is -3.57. The molecular formula is C29H32FN3O5. The van der Waals surface area contributed by atoms with Gasteiger partial charge in [-0.25, -0.2) is 14.1 Å². The van der Waals surface area contributed by atoms with E-state index in [-0.39, 0.29) is 18.0 Å². The fourth-order valence-corrected chi connectivity index (χ4v) is 6.58. The van der Waals surface area contributed by atoms with Crippen LogP contribution >= 0.6 is 0 Å². The molecule has 4 atom stereocenters. The molecule has 0 spiro atoms. The van der Waals surface area contributed by atoms with Gasteiger partial charge in [0.05, 0.1) is 30.7 Å². The van der Waals surface area contributed by atoms with E-state index in [9.17, 15) is 23.6 Å². The van der Waals surface area contributed by atoms with Crippen molar-refractivity contribution in [3.8, 4) is 5.75 Å². The Morgan fingerprint density at radius 1 is 1.00 bits per heavy atom. The second-order valence-electron chi connectivity index (χ2n) is 11.7. The number of amides is 5. The van der Waals surface area contributed by atoms with E-state index in [4.69, 9.17) is 4.74 Å². The predicted octanol–water partition coefficient (Wildman–Crippen LogP) is 4.54. The Hall–Kier alpha value is -3.75. The molecule has 5 rings (SSSR count). The van der Waals surface area contributed by atoms with E-state index in [1.807, 2.05) is 13.8 Å². The second kappa shape index (κ2) is 8.64. The molecular weight excluding hydrogens is 489 g/mol. The van der Waals surface area contributed by atoms with Crippen molar-refractivity contribution < 1.29 is 28.3 Å². The number of halogens is 1. The highest BCUT2D eigenvalue weighted by molar-refractivity contribution is 6.27. The van der Waals surface area contributed by atoms with Gasteiger partial charge in [0, 0.05) is 5.54 Å². The Labute approximate surface area is 221 Å². The minimum atomic E-state index is -1.60. The molecule has 0 N–H and O–H groups in total. The van der Waals surface area contributed by atoms with Crippen LogP contribution in [0.5, 0.6) is 5.75 Å². The molecule has 3 heterocycles. The number of nitrogens with zero attached hydrogens (tertiary/aromatic N) is 3. The van der Waals surface area contributed by atoms with Gasteiger partial charge in [0.25, 0.3) is 5.91 Å². The molecule has 2 aromatic carbocycles. The Bertz CT molecular complexity index is 1330. The zero-order valence-electron chi connectivity index (χ0n) is 22.4. The molecule has 2 aromatic rings. The van der Waals surface area contributed by atoms with Crippen molar-refractivity contribution in [2.24, 2.45) is 17.8 Å². The first-order valence-electron chi connectivity index (χ1n) is 12.8. The van der Waals surface area contributed by atoms with Crippen LogP contribution in [0.25, 0.3) is 0 Å². The summed E-state index contributed by atoms with van der Waals surface area (Å²) in [6.07, 6.45) is 0.175. The Balaban J connectivity index is 1.77. The summed E-state index contributed by atoms with van der Waals surface area (Å²) < 4.78 is 19.5. The number of carbonyl (C=O) groups is 4. The molecule has 0 radical (unpaired) electrons. The molecule has 0 aliphatic carbocycles. The predicted molar refractivity (Wildman–Crippen MR) is 138 cm³/mol. The van der Waals surface area contributed by atoms with E-state index in [2.05, 4.69) is 0 Å². The summed E-state index contributed by atoms with van der Waals surface area (Å²) in [4.78, 5) is 60.4. The van der Waals surface area contributed by atoms with Gasteiger partial charge in [-0.2, -0.15) is 0 Å². The zero-order valence-corrected chi connectivity index (χ0v) is 22.4. The van der Waals surface area contributed by atoms with Crippen molar-refractivity contribution >= 4 is 29.4 Å². The number of ether oxygens (including phenoxy) is 1. The number of hydrogen-bond acceptors (Lipinski definition) is 5. The lowest BCUT2D eigenvalue weighted by Crippen LogP contribution is -2.56. The topological polar surface area (TPSA) is 87.2 Å². The lowest BCUT2D eigenvalue weighted by atomic mass is 9.74.